The molecule has 2 aromatic heterocycles. The number of thiazole rings is 1. The smallest absolute Gasteiger partial charge is 0.311 e. The van der Waals surface area contributed by atoms with Crippen molar-refractivity contribution in [2.24, 2.45) is 0 Å². The third-order valence-corrected chi connectivity index (χ3v) is 4.48. The number of aliphatic hydroxyl groups is 2. The fourth-order valence-corrected chi connectivity index (χ4v) is 3.31. The summed E-state index contributed by atoms with van der Waals surface area (Å²) in [5.41, 5.74) is 5.90. The van der Waals surface area contributed by atoms with Gasteiger partial charge in [-0.25, -0.2) is 4.98 Å². The summed E-state index contributed by atoms with van der Waals surface area (Å²) < 4.78 is 7.52. The fraction of sp³-hybridized carbons (Fsp3) is 0.583. The second-order valence-electron chi connectivity index (χ2n) is 5.00. The molecule has 0 unspecified atom stereocenters. The van der Waals surface area contributed by atoms with Crippen molar-refractivity contribution in [1.82, 2.24) is 14.5 Å². The van der Waals surface area contributed by atoms with E-state index in [1.165, 1.54) is 10.8 Å². The van der Waals surface area contributed by atoms with Gasteiger partial charge in [0.2, 0.25) is 5.95 Å². The number of hydrogen-bond donors (Lipinski definition) is 3. The van der Waals surface area contributed by atoms with Crippen molar-refractivity contribution in [3.05, 3.63) is 15.9 Å². The predicted octanol–water partition coefficient (Wildman–Crippen LogP) is -0.146. The van der Waals surface area contributed by atoms with Gasteiger partial charge in [-0.15, -0.1) is 0 Å². The number of hydrogen-bond acceptors (Lipinski definition) is 8. The van der Waals surface area contributed by atoms with Crippen molar-refractivity contribution in [3.8, 4) is 0 Å². The summed E-state index contributed by atoms with van der Waals surface area (Å²) in [6.45, 7) is 1.83. The number of anilines is 1. The Morgan fingerprint density at radius 3 is 3.14 bits per heavy atom. The van der Waals surface area contributed by atoms with Gasteiger partial charge in [0.15, 0.2) is 11.9 Å². The fourth-order valence-electron chi connectivity index (χ4n) is 2.50. The number of ether oxygens (including phenoxy) is 1. The van der Waals surface area contributed by atoms with Crippen LogP contribution in [0.3, 0.4) is 0 Å². The van der Waals surface area contributed by atoms with Gasteiger partial charge in [-0.3, -0.25) is 9.36 Å². The Labute approximate surface area is 123 Å². The van der Waals surface area contributed by atoms with Crippen LogP contribution in [0.2, 0.25) is 0 Å². The molecule has 0 radical (unpaired) electrons. The second kappa shape index (κ2) is 5.34. The van der Waals surface area contributed by atoms with Gasteiger partial charge in [-0.05, 0) is 6.42 Å². The molecular formula is C12H16N4O4S. The first-order chi connectivity index (χ1) is 10.0. The third kappa shape index (κ3) is 2.42. The van der Waals surface area contributed by atoms with E-state index in [1.54, 1.807) is 0 Å². The van der Waals surface area contributed by atoms with E-state index in [0.717, 1.165) is 11.3 Å². The average Bonchev–Trinajstić information content (AvgIpc) is 2.97. The molecular weight excluding hydrogens is 296 g/mol. The number of fused-ring (bicyclic) bond motifs is 1. The van der Waals surface area contributed by atoms with E-state index in [4.69, 9.17) is 10.5 Å². The lowest BCUT2D eigenvalue weighted by Gasteiger charge is -2.18. The lowest BCUT2D eigenvalue weighted by molar-refractivity contribution is -0.0752. The molecule has 0 aromatic carbocycles. The van der Waals surface area contributed by atoms with Crippen LogP contribution in [0.1, 0.15) is 26.0 Å². The molecule has 0 amide bonds. The van der Waals surface area contributed by atoms with Gasteiger partial charge in [0.1, 0.15) is 6.10 Å². The van der Waals surface area contributed by atoms with Crippen molar-refractivity contribution in [1.29, 1.82) is 0 Å². The molecule has 0 bridgehead atoms. The lowest BCUT2D eigenvalue weighted by Crippen LogP contribution is -2.28. The summed E-state index contributed by atoms with van der Waals surface area (Å²) in [6, 6.07) is 0. The van der Waals surface area contributed by atoms with E-state index in [1.807, 2.05) is 6.92 Å². The minimum atomic E-state index is -0.886. The summed E-state index contributed by atoms with van der Waals surface area (Å²) in [5.74, 6) is 0.0479. The second-order valence-corrected chi connectivity index (χ2v) is 5.99. The van der Waals surface area contributed by atoms with Crippen LogP contribution < -0.4 is 10.6 Å². The molecule has 1 aliphatic rings. The van der Waals surface area contributed by atoms with Gasteiger partial charge in [0, 0.05) is 6.42 Å². The Morgan fingerprint density at radius 2 is 2.43 bits per heavy atom. The van der Waals surface area contributed by atoms with E-state index in [-0.39, 0.29) is 17.2 Å². The molecule has 4 atom stereocenters. The molecule has 114 valence electrons. The van der Waals surface area contributed by atoms with Crippen molar-refractivity contribution < 1.29 is 14.9 Å². The molecule has 1 saturated heterocycles. The van der Waals surface area contributed by atoms with E-state index in [9.17, 15) is 15.0 Å². The van der Waals surface area contributed by atoms with Gasteiger partial charge in [-0.2, -0.15) is 4.98 Å². The van der Waals surface area contributed by atoms with Crippen LogP contribution in [0.4, 0.5) is 5.95 Å². The first-order valence-corrected chi connectivity index (χ1v) is 7.48. The van der Waals surface area contributed by atoms with Crippen molar-refractivity contribution in [2.75, 3.05) is 5.73 Å². The van der Waals surface area contributed by atoms with Crippen molar-refractivity contribution >= 4 is 27.6 Å². The summed E-state index contributed by atoms with van der Waals surface area (Å²) in [6.07, 6.45) is -0.682. The largest absolute Gasteiger partial charge is 0.390 e. The number of aromatic nitrogens is 3. The Kier molecular flexibility index (Phi) is 3.66. The van der Waals surface area contributed by atoms with Crippen LogP contribution >= 0.6 is 11.3 Å². The van der Waals surface area contributed by atoms with E-state index in [0.29, 0.717) is 16.8 Å². The standard InChI is InChI=1S/C12H16N4O4S/c1-2-5(17)7-3-6(18)10(20-7)16-9-8(21-12(16)19)4-14-11(13)15-9/h4-7,10,17-18H,2-3H2,1H3,(H2,13,14,15)/t5-,6+,7-,10+/m0/s1. The molecule has 3 rings (SSSR count). The molecule has 2 aromatic rings. The van der Waals surface area contributed by atoms with Crippen LogP contribution in [-0.2, 0) is 4.74 Å². The number of nitrogens with zero attached hydrogens (tertiary/aromatic N) is 3. The maximum atomic E-state index is 12.1. The molecule has 9 heteroatoms. The summed E-state index contributed by atoms with van der Waals surface area (Å²) in [4.78, 5) is 19.7. The van der Waals surface area contributed by atoms with Crippen LogP contribution in [0.5, 0.6) is 0 Å². The third-order valence-electron chi connectivity index (χ3n) is 3.60. The van der Waals surface area contributed by atoms with E-state index >= 15 is 0 Å². The minimum Gasteiger partial charge on any atom is -0.390 e. The Morgan fingerprint density at radius 1 is 1.67 bits per heavy atom. The number of aliphatic hydroxyl groups excluding tert-OH is 2. The average molecular weight is 312 g/mol. The summed E-state index contributed by atoms with van der Waals surface area (Å²) in [7, 11) is 0. The van der Waals surface area contributed by atoms with Crippen molar-refractivity contribution in [3.63, 3.8) is 0 Å². The highest BCUT2D eigenvalue weighted by molar-refractivity contribution is 7.16. The Bertz CT molecular complexity index is 715. The zero-order valence-corrected chi connectivity index (χ0v) is 12.2. The molecule has 0 spiro atoms. The first kappa shape index (κ1) is 14.4. The molecule has 21 heavy (non-hydrogen) atoms. The quantitative estimate of drug-likeness (QED) is 0.720. The van der Waals surface area contributed by atoms with Gasteiger partial charge in [-0.1, -0.05) is 18.3 Å². The topological polar surface area (TPSA) is 123 Å². The first-order valence-electron chi connectivity index (χ1n) is 6.66. The summed E-state index contributed by atoms with van der Waals surface area (Å²) in [5, 5.41) is 20.0. The van der Waals surface area contributed by atoms with Gasteiger partial charge in [0.05, 0.1) is 23.1 Å². The van der Waals surface area contributed by atoms with Gasteiger partial charge in [0.25, 0.3) is 0 Å². The monoisotopic (exact) mass is 312 g/mol. The molecule has 1 fully saturated rings. The molecule has 0 saturated carbocycles. The van der Waals surface area contributed by atoms with Crippen LogP contribution in [0.25, 0.3) is 10.3 Å². The normalized spacial score (nSPS) is 27.3. The Balaban J connectivity index is 2.02. The number of nitrogen functional groups attached to an aromatic ring is 1. The molecule has 4 N–H and O–H groups in total. The molecule has 0 aliphatic carbocycles. The number of nitrogens with two attached hydrogens (primary N) is 1. The maximum absolute atomic E-state index is 12.1. The van der Waals surface area contributed by atoms with Crippen LogP contribution in [0.15, 0.2) is 11.0 Å². The SMILES string of the molecule is CC[C@H](O)[C@@H]1C[C@@H](O)[C@H](n2c(=O)sc3cnc(N)nc32)O1. The highest BCUT2D eigenvalue weighted by Crippen LogP contribution is 2.32. The lowest BCUT2D eigenvalue weighted by atomic mass is 10.1. The van der Waals surface area contributed by atoms with Gasteiger partial charge < -0.3 is 20.7 Å². The highest BCUT2D eigenvalue weighted by atomic mass is 32.1. The van der Waals surface area contributed by atoms with E-state index in [2.05, 4.69) is 9.97 Å². The molecule has 1 aliphatic heterocycles. The number of rotatable bonds is 3. The summed E-state index contributed by atoms with van der Waals surface area (Å²) >= 11 is 0.965. The predicted molar refractivity (Wildman–Crippen MR) is 76.9 cm³/mol. The highest BCUT2D eigenvalue weighted by Gasteiger charge is 2.39. The van der Waals surface area contributed by atoms with Crippen molar-refractivity contribution in [2.45, 2.75) is 44.3 Å². The minimum absolute atomic E-state index is 0.0479. The zero-order chi connectivity index (χ0) is 15.1. The van der Waals surface area contributed by atoms with E-state index < -0.39 is 24.5 Å². The van der Waals surface area contributed by atoms with Gasteiger partial charge >= 0.3 is 4.87 Å². The molecule has 3 heterocycles. The van der Waals surface area contributed by atoms with Crippen LogP contribution in [0, 0.1) is 0 Å². The zero-order valence-electron chi connectivity index (χ0n) is 11.3. The molecule has 8 nitrogen and oxygen atoms in total. The van der Waals surface area contributed by atoms with Crippen LogP contribution in [-0.4, -0.2) is 43.1 Å². The maximum Gasteiger partial charge on any atom is 0.311 e. The Hall–Kier alpha value is -1.55.